The van der Waals surface area contributed by atoms with Crippen LogP contribution in [-0.2, 0) is 4.79 Å². The molecule has 4 N–H and O–H groups in total. The van der Waals surface area contributed by atoms with Crippen LogP contribution in [0.2, 0.25) is 0 Å². The molecule has 2 unspecified atom stereocenters. The van der Waals surface area contributed by atoms with Gasteiger partial charge in [-0.1, -0.05) is 25.7 Å². The lowest BCUT2D eigenvalue weighted by molar-refractivity contribution is -0.137. The Kier molecular flexibility index (Phi) is 6.06. The molecular weight excluding hydrogens is 466 g/mol. The third-order valence-electron chi connectivity index (χ3n) is 9.52. The number of ether oxygens (including phenoxy) is 1. The topological polar surface area (TPSA) is 128 Å². The van der Waals surface area contributed by atoms with E-state index in [1.54, 1.807) is 11.8 Å². The van der Waals surface area contributed by atoms with Crippen molar-refractivity contribution in [1.29, 1.82) is 0 Å². The molecule has 7 rings (SSSR count). The van der Waals surface area contributed by atoms with Gasteiger partial charge in [-0.3, -0.25) is 9.59 Å². The van der Waals surface area contributed by atoms with Gasteiger partial charge in [0, 0.05) is 11.3 Å². The van der Waals surface area contributed by atoms with Crippen molar-refractivity contribution >= 4 is 23.6 Å². The number of aromatic nitrogens is 1. The Morgan fingerprint density at radius 1 is 1.11 bits per heavy atom. The molecule has 1 heterocycles. The average molecular weight is 504 g/mol. The number of nitrogens with two attached hydrogens (primary N) is 1. The molecule has 0 aliphatic heterocycles. The van der Waals surface area contributed by atoms with Crippen molar-refractivity contribution in [2.24, 2.45) is 28.9 Å². The quantitative estimate of drug-likeness (QED) is 0.492. The first-order chi connectivity index (χ1) is 16.8. The number of primary amides is 1. The predicted octanol–water partition coefficient (Wildman–Crippen LogP) is 3.80. The fourth-order valence-electron chi connectivity index (χ4n) is 7.93. The van der Waals surface area contributed by atoms with Crippen LogP contribution in [0.5, 0.6) is 5.88 Å². The number of thioether (sulfide) groups is 1. The molecule has 6 saturated carbocycles. The number of hydrogen-bond donors (Lipinski definition) is 3. The first kappa shape index (κ1) is 23.6. The van der Waals surface area contributed by atoms with Crippen molar-refractivity contribution in [1.82, 2.24) is 10.5 Å². The predicted molar refractivity (Wildman–Crippen MR) is 130 cm³/mol. The smallest absolute Gasteiger partial charge is 0.291 e. The van der Waals surface area contributed by atoms with E-state index in [0.717, 1.165) is 70.6 Å². The molecule has 1 aromatic heterocycles. The molecule has 2 atom stereocenters. The number of amides is 2. The van der Waals surface area contributed by atoms with E-state index in [4.69, 9.17) is 15.0 Å². The van der Waals surface area contributed by atoms with Gasteiger partial charge in [0.2, 0.25) is 11.7 Å². The van der Waals surface area contributed by atoms with E-state index in [2.05, 4.69) is 10.5 Å². The molecule has 0 spiro atoms. The summed E-state index contributed by atoms with van der Waals surface area (Å²) < 4.78 is 11.7. The van der Waals surface area contributed by atoms with Crippen LogP contribution in [0.15, 0.2) is 9.42 Å². The van der Waals surface area contributed by atoms with Gasteiger partial charge in [0.1, 0.15) is 11.5 Å². The summed E-state index contributed by atoms with van der Waals surface area (Å²) in [6.45, 7) is 0.168. The summed E-state index contributed by atoms with van der Waals surface area (Å²) in [7, 11) is 0. The van der Waals surface area contributed by atoms with E-state index in [1.807, 2.05) is 0 Å². The largest absolute Gasteiger partial charge is 0.474 e. The fraction of sp³-hybridized carbons (Fsp3) is 0.808. The molecule has 4 bridgehead atoms. The maximum Gasteiger partial charge on any atom is 0.291 e. The lowest BCUT2D eigenvalue weighted by Gasteiger charge is -2.58. The molecular formula is C26H37N3O5S. The summed E-state index contributed by atoms with van der Waals surface area (Å²) in [5.74, 6) is 1.16. The zero-order valence-electron chi connectivity index (χ0n) is 20.3. The first-order valence-corrected chi connectivity index (χ1v) is 14.3. The normalized spacial score (nSPS) is 35.5. The maximum absolute atomic E-state index is 13.5. The van der Waals surface area contributed by atoms with Crippen molar-refractivity contribution in [3.63, 3.8) is 0 Å². The summed E-state index contributed by atoms with van der Waals surface area (Å²) in [5.41, 5.74) is 4.54. The molecule has 6 aliphatic rings. The van der Waals surface area contributed by atoms with Crippen LogP contribution in [0.25, 0.3) is 0 Å². The van der Waals surface area contributed by atoms with Crippen molar-refractivity contribution in [3.05, 3.63) is 5.76 Å². The van der Waals surface area contributed by atoms with Gasteiger partial charge in [-0.15, -0.1) is 11.8 Å². The highest BCUT2D eigenvalue weighted by Crippen LogP contribution is 2.55. The Bertz CT molecular complexity index is 968. The number of nitrogens with one attached hydrogen (secondary N) is 1. The van der Waals surface area contributed by atoms with Crippen LogP contribution < -0.4 is 15.8 Å². The Hall–Kier alpha value is -1.74. The minimum absolute atomic E-state index is 0.0646. The van der Waals surface area contributed by atoms with Gasteiger partial charge in [0.15, 0.2) is 0 Å². The van der Waals surface area contributed by atoms with E-state index in [0.29, 0.717) is 33.8 Å². The fourth-order valence-corrected chi connectivity index (χ4v) is 9.27. The number of rotatable bonds is 8. The van der Waals surface area contributed by atoms with Gasteiger partial charge < -0.3 is 25.4 Å². The molecule has 0 aromatic carbocycles. The highest BCUT2D eigenvalue weighted by molar-refractivity contribution is 8.00. The van der Waals surface area contributed by atoms with Gasteiger partial charge >= 0.3 is 0 Å². The van der Waals surface area contributed by atoms with Gasteiger partial charge in [0.25, 0.3) is 11.8 Å². The Balaban J connectivity index is 1.21. The van der Waals surface area contributed by atoms with Crippen LogP contribution in [0.1, 0.15) is 94.0 Å². The number of nitrogens with zero attached hydrogens (tertiary/aromatic N) is 1. The minimum atomic E-state index is -0.669. The highest BCUT2D eigenvalue weighted by atomic mass is 32.2. The molecule has 1 aromatic rings. The Morgan fingerprint density at radius 3 is 2.43 bits per heavy atom. The molecule has 2 amide bonds. The van der Waals surface area contributed by atoms with E-state index >= 15 is 0 Å². The molecule has 6 aliphatic carbocycles. The van der Waals surface area contributed by atoms with E-state index in [1.165, 1.54) is 12.8 Å². The van der Waals surface area contributed by atoms with Crippen molar-refractivity contribution < 1.29 is 24.0 Å². The van der Waals surface area contributed by atoms with E-state index in [9.17, 15) is 14.7 Å². The van der Waals surface area contributed by atoms with Gasteiger partial charge in [-0.25, -0.2) is 0 Å². The third-order valence-corrected chi connectivity index (χ3v) is 10.9. The van der Waals surface area contributed by atoms with Crippen LogP contribution in [0.4, 0.5) is 0 Å². The number of hydrogen-bond acceptors (Lipinski definition) is 7. The molecule has 8 nitrogen and oxygen atoms in total. The Labute approximate surface area is 210 Å². The second-order valence-corrected chi connectivity index (χ2v) is 13.3. The molecule has 192 valence electrons. The van der Waals surface area contributed by atoms with Crippen molar-refractivity contribution in [3.8, 4) is 5.88 Å². The summed E-state index contributed by atoms with van der Waals surface area (Å²) in [6, 6.07) is 0.0646. The molecule has 9 heteroatoms. The molecule has 0 saturated heterocycles. The van der Waals surface area contributed by atoms with Crippen molar-refractivity contribution in [2.45, 2.75) is 105 Å². The van der Waals surface area contributed by atoms with Crippen LogP contribution in [0.3, 0.4) is 0 Å². The standard InChI is InChI=1S/C26H37N3O5S/c27-24(31)25(7-3-4-8-25)14-33-23-21(35-18-5-1-2-6-18)20(34-29-23)22(30)28-19-16-9-15-10-17(19)13-26(32,11-15)12-16/h15-19,32H,1-14H2,(H2,27,31)(H,28,30). The second-order valence-electron chi connectivity index (χ2n) is 12.0. The van der Waals surface area contributed by atoms with Crippen LogP contribution in [0, 0.1) is 23.2 Å². The Morgan fingerprint density at radius 2 is 1.80 bits per heavy atom. The van der Waals surface area contributed by atoms with Gasteiger partial charge in [-0.05, 0) is 80.7 Å². The van der Waals surface area contributed by atoms with E-state index in [-0.39, 0.29) is 30.2 Å². The summed E-state index contributed by atoms with van der Waals surface area (Å²) >= 11 is 1.62. The monoisotopic (exact) mass is 503 g/mol. The van der Waals surface area contributed by atoms with Gasteiger partial charge in [0.05, 0.1) is 11.0 Å². The number of carbonyl (C=O) groups is 2. The number of aliphatic hydroxyl groups is 1. The third kappa shape index (κ3) is 4.37. The lowest BCUT2D eigenvalue weighted by Crippen LogP contribution is -2.61. The highest BCUT2D eigenvalue weighted by Gasteiger charge is 2.55. The lowest BCUT2D eigenvalue weighted by atomic mass is 9.52. The van der Waals surface area contributed by atoms with E-state index < -0.39 is 11.0 Å². The SMILES string of the molecule is NC(=O)C1(COc2noc(C(=O)NC3C4CC5CC3CC(O)(C5)C4)c2SC2CCCC2)CCCC1. The summed E-state index contributed by atoms with van der Waals surface area (Å²) in [5, 5.41) is 18.7. The average Bonchev–Trinajstić information content (AvgIpc) is 3.56. The van der Waals surface area contributed by atoms with Gasteiger partial charge in [-0.2, -0.15) is 0 Å². The zero-order valence-corrected chi connectivity index (χ0v) is 21.1. The number of carbonyl (C=O) groups excluding carboxylic acids is 2. The summed E-state index contributed by atoms with van der Waals surface area (Å²) in [4.78, 5) is 26.4. The first-order valence-electron chi connectivity index (χ1n) is 13.5. The minimum Gasteiger partial charge on any atom is -0.474 e. The summed E-state index contributed by atoms with van der Waals surface area (Å²) in [6.07, 6.45) is 12.5. The second kappa shape index (κ2) is 8.98. The zero-order chi connectivity index (χ0) is 24.2. The molecule has 35 heavy (non-hydrogen) atoms. The molecule has 6 fully saturated rings. The van der Waals surface area contributed by atoms with Crippen LogP contribution >= 0.6 is 11.8 Å². The van der Waals surface area contributed by atoms with Crippen LogP contribution in [-0.4, -0.2) is 45.6 Å². The molecule has 0 radical (unpaired) electrons. The maximum atomic E-state index is 13.5. The van der Waals surface area contributed by atoms with Crippen molar-refractivity contribution in [2.75, 3.05) is 6.61 Å².